The summed E-state index contributed by atoms with van der Waals surface area (Å²) in [6, 6.07) is 2.00. The second-order valence-electron chi connectivity index (χ2n) is 5.96. The molecule has 0 aromatic carbocycles. The van der Waals surface area contributed by atoms with Crippen LogP contribution in [0.15, 0.2) is 11.6 Å². The number of aryl methyl sites for hydroxylation is 1. The van der Waals surface area contributed by atoms with Crippen molar-refractivity contribution in [1.29, 1.82) is 0 Å². The molecule has 19 heavy (non-hydrogen) atoms. The maximum atomic E-state index is 11.5. The van der Waals surface area contributed by atoms with E-state index in [2.05, 4.69) is 0 Å². The second kappa shape index (κ2) is 5.10. The topological polar surface area (TPSA) is 46.5 Å². The molecule has 0 fully saturated rings. The van der Waals surface area contributed by atoms with Crippen molar-refractivity contribution in [1.82, 2.24) is 0 Å². The van der Waals surface area contributed by atoms with Gasteiger partial charge in [-0.25, -0.2) is 4.79 Å². The van der Waals surface area contributed by atoms with Gasteiger partial charge in [0.2, 0.25) is 0 Å². The highest BCUT2D eigenvalue weighted by molar-refractivity contribution is 7.12. The number of hydrogen-bond acceptors (Lipinski definition) is 4. The summed E-state index contributed by atoms with van der Waals surface area (Å²) in [7, 11) is 1.40. The van der Waals surface area contributed by atoms with E-state index in [4.69, 9.17) is 4.74 Å². The first-order chi connectivity index (χ1) is 8.82. The summed E-state index contributed by atoms with van der Waals surface area (Å²) in [6.07, 6.45) is 2.97. The van der Waals surface area contributed by atoms with Gasteiger partial charge >= 0.3 is 5.97 Å². The number of hydrogen-bond donors (Lipinski definition) is 1. The van der Waals surface area contributed by atoms with Crippen LogP contribution in [0.1, 0.15) is 48.6 Å². The van der Waals surface area contributed by atoms with Crippen LogP contribution < -0.4 is 0 Å². The van der Waals surface area contributed by atoms with Crippen molar-refractivity contribution in [2.45, 2.75) is 39.7 Å². The molecule has 0 radical (unpaired) electrons. The smallest absolute Gasteiger partial charge is 0.333 e. The number of thiophene rings is 1. The molecule has 4 heteroatoms. The van der Waals surface area contributed by atoms with E-state index in [9.17, 15) is 9.90 Å². The van der Waals surface area contributed by atoms with Gasteiger partial charge in [-0.2, -0.15) is 0 Å². The molecule has 1 aliphatic carbocycles. The Morgan fingerprint density at radius 3 is 2.68 bits per heavy atom. The number of carbonyl (C=O) groups is 1. The molecule has 104 valence electrons. The van der Waals surface area contributed by atoms with E-state index in [0.29, 0.717) is 12.0 Å². The molecular formula is C15H20O3S. The van der Waals surface area contributed by atoms with Crippen LogP contribution in [0.4, 0.5) is 0 Å². The van der Waals surface area contributed by atoms with E-state index in [0.717, 1.165) is 16.9 Å². The van der Waals surface area contributed by atoms with Crippen LogP contribution in [0.2, 0.25) is 0 Å². The van der Waals surface area contributed by atoms with Crippen LogP contribution >= 0.6 is 11.3 Å². The highest BCUT2D eigenvalue weighted by Gasteiger charge is 2.27. The quantitative estimate of drug-likeness (QED) is 0.845. The van der Waals surface area contributed by atoms with Crippen molar-refractivity contribution in [3.05, 3.63) is 27.0 Å². The Kier molecular flexibility index (Phi) is 3.83. The maximum Gasteiger partial charge on any atom is 0.333 e. The standard InChI is InChI=1S/C15H20O3S/c1-15(2,3)13(16)12-8-10-7-9(14(17)18-4)5-6-11(10)19-12/h7-8,13,16H,5-6H2,1-4H3. The van der Waals surface area contributed by atoms with Gasteiger partial charge in [0.15, 0.2) is 0 Å². The molecule has 1 unspecified atom stereocenters. The summed E-state index contributed by atoms with van der Waals surface area (Å²) < 4.78 is 4.76. The molecule has 3 nitrogen and oxygen atoms in total. The number of ether oxygens (including phenoxy) is 1. The molecule has 0 bridgehead atoms. The Labute approximate surface area is 117 Å². The lowest BCUT2D eigenvalue weighted by Gasteiger charge is -2.24. The zero-order valence-corrected chi connectivity index (χ0v) is 12.6. The van der Waals surface area contributed by atoms with Crippen molar-refractivity contribution < 1.29 is 14.6 Å². The SMILES string of the molecule is COC(=O)C1=Cc2cc(C(O)C(C)(C)C)sc2CC1. The van der Waals surface area contributed by atoms with Crippen LogP contribution in [-0.4, -0.2) is 18.2 Å². The van der Waals surface area contributed by atoms with Crippen molar-refractivity contribution in [3.8, 4) is 0 Å². The fourth-order valence-corrected chi connectivity index (χ4v) is 3.52. The van der Waals surface area contributed by atoms with Crippen LogP contribution in [0.25, 0.3) is 6.08 Å². The molecule has 0 saturated heterocycles. The third-order valence-corrected chi connectivity index (χ3v) is 4.61. The predicted octanol–water partition coefficient (Wildman–Crippen LogP) is 3.33. The third-order valence-electron chi connectivity index (χ3n) is 3.35. The fraction of sp³-hybridized carbons (Fsp3) is 0.533. The van der Waals surface area contributed by atoms with Gasteiger partial charge in [0, 0.05) is 15.3 Å². The van der Waals surface area contributed by atoms with Gasteiger partial charge < -0.3 is 9.84 Å². The zero-order valence-electron chi connectivity index (χ0n) is 11.8. The summed E-state index contributed by atoms with van der Waals surface area (Å²) in [5, 5.41) is 10.3. The minimum Gasteiger partial charge on any atom is -0.466 e. The summed E-state index contributed by atoms with van der Waals surface area (Å²) in [5.74, 6) is -0.255. The van der Waals surface area contributed by atoms with Gasteiger partial charge in [-0.15, -0.1) is 11.3 Å². The van der Waals surface area contributed by atoms with Crippen molar-refractivity contribution in [2.75, 3.05) is 7.11 Å². The third kappa shape index (κ3) is 2.90. The van der Waals surface area contributed by atoms with E-state index < -0.39 is 6.10 Å². The number of aliphatic hydroxyl groups excluding tert-OH is 1. The number of fused-ring (bicyclic) bond motifs is 1. The number of rotatable bonds is 2. The lowest BCUT2D eigenvalue weighted by Crippen LogP contribution is -2.16. The largest absolute Gasteiger partial charge is 0.466 e. The van der Waals surface area contributed by atoms with Gasteiger partial charge in [0.1, 0.15) is 0 Å². The van der Waals surface area contributed by atoms with Crippen LogP contribution in [0.5, 0.6) is 0 Å². The van der Waals surface area contributed by atoms with Crippen molar-refractivity contribution >= 4 is 23.4 Å². The van der Waals surface area contributed by atoms with E-state index in [1.54, 1.807) is 11.3 Å². The number of carbonyl (C=O) groups excluding carboxylic acids is 1. The van der Waals surface area contributed by atoms with Crippen LogP contribution in [0, 0.1) is 5.41 Å². The number of methoxy groups -OCH3 is 1. The summed E-state index contributed by atoms with van der Waals surface area (Å²) in [5.41, 5.74) is 1.59. The van der Waals surface area contributed by atoms with E-state index in [1.165, 1.54) is 12.0 Å². The molecule has 0 saturated carbocycles. The molecule has 1 aromatic heterocycles. The minimum atomic E-state index is -0.474. The molecule has 0 amide bonds. The Morgan fingerprint density at radius 1 is 1.42 bits per heavy atom. The highest BCUT2D eigenvalue weighted by Crippen LogP contribution is 2.40. The highest BCUT2D eigenvalue weighted by atomic mass is 32.1. The van der Waals surface area contributed by atoms with Crippen molar-refractivity contribution in [3.63, 3.8) is 0 Å². The minimum absolute atomic E-state index is 0.178. The molecule has 1 atom stereocenters. The van der Waals surface area contributed by atoms with Gasteiger partial charge in [-0.05, 0) is 36.0 Å². The molecule has 1 N–H and O–H groups in total. The Bertz CT molecular complexity index is 520. The first-order valence-corrected chi connectivity index (χ1v) is 7.24. The number of esters is 1. The second-order valence-corrected chi connectivity index (χ2v) is 7.13. The van der Waals surface area contributed by atoms with Gasteiger partial charge in [0.05, 0.1) is 13.2 Å². The van der Waals surface area contributed by atoms with Gasteiger partial charge in [-0.3, -0.25) is 0 Å². The first-order valence-electron chi connectivity index (χ1n) is 6.42. The average Bonchev–Trinajstić information content (AvgIpc) is 2.78. The van der Waals surface area contributed by atoms with Gasteiger partial charge in [-0.1, -0.05) is 20.8 Å². The molecule has 1 aliphatic rings. The van der Waals surface area contributed by atoms with E-state index in [1.807, 2.05) is 32.9 Å². The fourth-order valence-electron chi connectivity index (χ4n) is 2.14. The van der Waals surface area contributed by atoms with E-state index in [-0.39, 0.29) is 11.4 Å². The molecule has 1 heterocycles. The lowest BCUT2D eigenvalue weighted by molar-refractivity contribution is -0.136. The molecule has 0 spiro atoms. The van der Waals surface area contributed by atoms with Gasteiger partial charge in [0.25, 0.3) is 0 Å². The molecule has 0 aliphatic heterocycles. The van der Waals surface area contributed by atoms with Crippen LogP contribution in [-0.2, 0) is 16.0 Å². The average molecular weight is 280 g/mol. The summed E-state index contributed by atoms with van der Waals surface area (Å²) in [4.78, 5) is 13.8. The number of aliphatic hydroxyl groups is 1. The maximum absolute atomic E-state index is 11.5. The molecular weight excluding hydrogens is 260 g/mol. The monoisotopic (exact) mass is 280 g/mol. The molecule has 1 aromatic rings. The summed E-state index contributed by atoms with van der Waals surface area (Å²) in [6.45, 7) is 6.06. The molecule has 2 rings (SSSR count). The Balaban J connectivity index is 2.31. The first kappa shape index (κ1) is 14.3. The zero-order chi connectivity index (χ0) is 14.2. The Morgan fingerprint density at radius 2 is 2.11 bits per heavy atom. The van der Waals surface area contributed by atoms with E-state index >= 15 is 0 Å². The van der Waals surface area contributed by atoms with Crippen LogP contribution in [0.3, 0.4) is 0 Å². The van der Waals surface area contributed by atoms with Crippen molar-refractivity contribution in [2.24, 2.45) is 5.41 Å². The summed E-state index contributed by atoms with van der Waals surface area (Å²) >= 11 is 1.64. The predicted molar refractivity (Wildman–Crippen MR) is 77.0 cm³/mol. The Hall–Kier alpha value is -1.13. The lowest BCUT2D eigenvalue weighted by atomic mass is 9.88. The normalized spacial score (nSPS) is 16.6.